The normalized spacial score (nSPS) is 14.4. The first-order valence-corrected chi connectivity index (χ1v) is 9.63. The van der Waals surface area contributed by atoms with E-state index in [0.29, 0.717) is 30.4 Å². The van der Waals surface area contributed by atoms with E-state index in [-0.39, 0.29) is 13.2 Å². The van der Waals surface area contributed by atoms with Crippen LogP contribution in [0.3, 0.4) is 0 Å². The Morgan fingerprint density at radius 2 is 1.77 bits per heavy atom. The first-order valence-electron chi connectivity index (χ1n) is 9.63. The lowest BCUT2D eigenvalue weighted by Crippen LogP contribution is -2.44. The standard InChI is InChI=1S/C21H28F3N3O3/c1-4-25-19(27-13-20(3,28)18-10-5-15(2)30-18)26-11-16-6-8-17(9-7-16)12-29-14-21(22,23)24/h5-10,28H,4,11-14H2,1-3H3,(H2,25,26,27). The largest absolute Gasteiger partial charge is 0.463 e. The van der Waals surface area contributed by atoms with Crippen LogP contribution in [0.2, 0.25) is 0 Å². The third-order valence-electron chi connectivity index (χ3n) is 4.19. The SMILES string of the molecule is CCNC(=NCc1ccc(COCC(F)(F)F)cc1)NCC(C)(O)c1ccc(C)o1. The molecule has 0 aliphatic carbocycles. The third-order valence-corrected chi connectivity index (χ3v) is 4.19. The maximum Gasteiger partial charge on any atom is 0.411 e. The molecule has 0 radical (unpaired) electrons. The fourth-order valence-corrected chi connectivity index (χ4v) is 2.60. The van der Waals surface area contributed by atoms with E-state index in [4.69, 9.17) is 4.42 Å². The van der Waals surface area contributed by atoms with E-state index < -0.39 is 18.4 Å². The highest BCUT2D eigenvalue weighted by Crippen LogP contribution is 2.22. The molecule has 30 heavy (non-hydrogen) atoms. The van der Waals surface area contributed by atoms with E-state index in [2.05, 4.69) is 20.4 Å². The summed E-state index contributed by atoms with van der Waals surface area (Å²) in [6, 6.07) is 10.5. The number of furan rings is 1. The van der Waals surface area contributed by atoms with Crippen molar-refractivity contribution in [2.75, 3.05) is 19.7 Å². The van der Waals surface area contributed by atoms with Gasteiger partial charge in [0.15, 0.2) is 5.96 Å². The van der Waals surface area contributed by atoms with Crippen LogP contribution in [-0.4, -0.2) is 36.9 Å². The van der Waals surface area contributed by atoms with Gasteiger partial charge in [0.25, 0.3) is 0 Å². The Balaban J connectivity index is 1.90. The van der Waals surface area contributed by atoms with Gasteiger partial charge in [-0.3, -0.25) is 0 Å². The minimum atomic E-state index is -4.33. The van der Waals surface area contributed by atoms with Crippen LogP contribution in [-0.2, 0) is 23.5 Å². The number of aryl methyl sites for hydroxylation is 1. The summed E-state index contributed by atoms with van der Waals surface area (Å²) in [4.78, 5) is 4.48. The fourth-order valence-electron chi connectivity index (χ4n) is 2.60. The van der Waals surface area contributed by atoms with Crippen molar-refractivity contribution in [2.24, 2.45) is 4.99 Å². The molecule has 1 unspecified atom stereocenters. The Morgan fingerprint density at radius 1 is 1.10 bits per heavy atom. The van der Waals surface area contributed by atoms with Crippen molar-refractivity contribution in [3.63, 3.8) is 0 Å². The Bertz CT molecular complexity index is 815. The van der Waals surface area contributed by atoms with Crippen LogP contribution in [0.1, 0.15) is 36.5 Å². The van der Waals surface area contributed by atoms with Gasteiger partial charge < -0.3 is 24.9 Å². The van der Waals surface area contributed by atoms with Crippen LogP contribution in [0.5, 0.6) is 0 Å². The van der Waals surface area contributed by atoms with Gasteiger partial charge in [-0.25, -0.2) is 4.99 Å². The molecule has 0 saturated heterocycles. The lowest BCUT2D eigenvalue weighted by atomic mass is 10.0. The molecule has 0 saturated carbocycles. The van der Waals surface area contributed by atoms with E-state index in [9.17, 15) is 18.3 Å². The maximum absolute atomic E-state index is 12.1. The summed E-state index contributed by atoms with van der Waals surface area (Å²) in [5.74, 6) is 1.71. The van der Waals surface area contributed by atoms with E-state index in [1.165, 1.54) is 0 Å². The third kappa shape index (κ3) is 8.08. The van der Waals surface area contributed by atoms with Gasteiger partial charge in [-0.05, 0) is 44.0 Å². The Hall–Kier alpha value is -2.52. The minimum Gasteiger partial charge on any atom is -0.463 e. The Kier molecular flexibility index (Phi) is 8.31. The van der Waals surface area contributed by atoms with Gasteiger partial charge in [-0.15, -0.1) is 0 Å². The number of hydrogen-bond acceptors (Lipinski definition) is 4. The first kappa shape index (κ1) is 23.8. The van der Waals surface area contributed by atoms with Gasteiger partial charge in [-0.1, -0.05) is 24.3 Å². The summed E-state index contributed by atoms with van der Waals surface area (Å²) in [7, 11) is 0. The van der Waals surface area contributed by atoms with Crippen molar-refractivity contribution < 1.29 is 27.4 Å². The Morgan fingerprint density at radius 3 is 2.33 bits per heavy atom. The van der Waals surface area contributed by atoms with Crippen molar-refractivity contribution >= 4 is 5.96 Å². The van der Waals surface area contributed by atoms with Crippen LogP contribution in [0.15, 0.2) is 45.8 Å². The number of benzene rings is 1. The summed E-state index contributed by atoms with van der Waals surface area (Å²) in [6.07, 6.45) is -4.33. The molecule has 166 valence electrons. The molecule has 0 aliphatic heterocycles. The maximum atomic E-state index is 12.1. The summed E-state index contributed by atoms with van der Waals surface area (Å²) in [5.41, 5.74) is 0.338. The van der Waals surface area contributed by atoms with Gasteiger partial charge in [0, 0.05) is 6.54 Å². The summed E-state index contributed by atoms with van der Waals surface area (Å²) < 4.78 is 46.5. The monoisotopic (exact) mass is 427 g/mol. The summed E-state index contributed by atoms with van der Waals surface area (Å²) >= 11 is 0. The second-order valence-electron chi connectivity index (χ2n) is 7.16. The molecule has 1 heterocycles. The van der Waals surface area contributed by atoms with Crippen LogP contribution in [0.25, 0.3) is 0 Å². The van der Waals surface area contributed by atoms with Crippen molar-refractivity contribution in [3.05, 3.63) is 59.0 Å². The molecule has 0 fully saturated rings. The summed E-state index contributed by atoms with van der Waals surface area (Å²) in [6.45, 7) is 5.23. The molecule has 1 aromatic heterocycles. The molecular weight excluding hydrogens is 399 g/mol. The highest BCUT2D eigenvalue weighted by molar-refractivity contribution is 5.79. The van der Waals surface area contributed by atoms with E-state index in [1.807, 2.05) is 13.8 Å². The Labute approximate surface area is 174 Å². The predicted octanol–water partition coefficient (Wildman–Crippen LogP) is 3.63. The van der Waals surface area contributed by atoms with Crippen molar-refractivity contribution in [1.29, 1.82) is 0 Å². The van der Waals surface area contributed by atoms with Crippen molar-refractivity contribution in [2.45, 2.75) is 45.7 Å². The summed E-state index contributed by atoms with van der Waals surface area (Å²) in [5, 5.41) is 16.8. The number of aliphatic imine (C=N–C) groups is 1. The van der Waals surface area contributed by atoms with E-state index >= 15 is 0 Å². The number of alkyl halides is 3. The number of nitrogens with one attached hydrogen (secondary N) is 2. The molecule has 9 heteroatoms. The molecule has 1 aromatic carbocycles. The van der Waals surface area contributed by atoms with Gasteiger partial charge in [0.05, 0.1) is 19.7 Å². The average molecular weight is 427 g/mol. The van der Waals surface area contributed by atoms with Gasteiger partial charge in [0.2, 0.25) is 0 Å². The zero-order valence-electron chi connectivity index (χ0n) is 17.3. The number of nitrogens with zero attached hydrogens (tertiary/aromatic N) is 1. The molecule has 6 nitrogen and oxygen atoms in total. The molecule has 2 rings (SSSR count). The van der Waals surface area contributed by atoms with Crippen molar-refractivity contribution in [3.8, 4) is 0 Å². The number of rotatable bonds is 9. The lowest BCUT2D eigenvalue weighted by Gasteiger charge is -2.22. The van der Waals surface area contributed by atoms with Crippen LogP contribution in [0.4, 0.5) is 13.2 Å². The van der Waals surface area contributed by atoms with E-state index in [1.54, 1.807) is 43.3 Å². The second-order valence-corrected chi connectivity index (χ2v) is 7.16. The number of aliphatic hydroxyl groups is 1. The number of halogens is 3. The van der Waals surface area contributed by atoms with Crippen LogP contribution in [0, 0.1) is 6.92 Å². The van der Waals surface area contributed by atoms with E-state index in [0.717, 1.165) is 11.3 Å². The zero-order chi connectivity index (χ0) is 22.2. The molecule has 1 atom stereocenters. The highest BCUT2D eigenvalue weighted by atomic mass is 19.4. The molecule has 2 aromatic rings. The molecular formula is C21H28F3N3O3. The van der Waals surface area contributed by atoms with Gasteiger partial charge >= 0.3 is 6.18 Å². The first-order chi connectivity index (χ1) is 14.1. The van der Waals surface area contributed by atoms with Crippen LogP contribution < -0.4 is 10.6 Å². The molecule has 0 spiro atoms. The van der Waals surface area contributed by atoms with Gasteiger partial charge in [-0.2, -0.15) is 13.2 Å². The number of hydrogen-bond donors (Lipinski definition) is 3. The zero-order valence-corrected chi connectivity index (χ0v) is 17.3. The smallest absolute Gasteiger partial charge is 0.411 e. The predicted molar refractivity (Wildman–Crippen MR) is 108 cm³/mol. The van der Waals surface area contributed by atoms with Gasteiger partial charge in [0.1, 0.15) is 23.7 Å². The molecule has 0 bridgehead atoms. The van der Waals surface area contributed by atoms with Crippen molar-refractivity contribution in [1.82, 2.24) is 10.6 Å². The topological polar surface area (TPSA) is 79.0 Å². The number of ether oxygens (including phenoxy) is 1. The average Bonchev–Trinajstić information content (AvgIpc) is 3.11. The second kappa shape index (κ2) is 10.5. The molecule has 0 aliphatic rings. The number of guanidine groups is 1. The quantitative estimate of drug-likeness (QED) is 0.421. The van der Waals surface area contributed by atoms with Crippen LogP contribution >= 0.6 is 0 Å². The fraction of sp³-hybridized carbons (Fsp3) is 0.476. The minimum absolute atomic E-state index is 0.103. The molecule has 0 amide bonds. The highest BCUT2D eigenvalue weighted by Gasteiger charge is 2.28. The lowest BCUT2D eigenvalue weighted by molar-refractivity contribution is -0.176. The molecule has 3 N–H and O–H groups in total.